The molecule has 0 spiro atoms. The summed E-state index contributed by atoms with van der Waals surface area (Å²) in [5.41, 5.74) is 1.83. The van der Waals surface area contributed by atoms with E-state index in [-0.39, 0.29) is 19.2 Å². The Kier molecular flexibility index (Phi) is 7.16. The molecule has 0 aliphatic carbocycles. The van der Waals surface area contributed by atoms with Gasteiger partial charge >= 0.3 is 7.82 Å². The predicted molar refractivity (Wildman–Crippen MR) is 89.5 cm³/mol. The van der Waals surface area contributed by atoms with Gasteiger partial charge in [0.2, 0.25) is 0 Å². The lowest BCUT2D eigenvalue weighted by Gasteiger charge is -2.17. The van der Waals surface area contributed by atoms with Crippen molar-refractivity contribution >= 4 is 19.6 Å². The smallest absolute Gasteiger partial charge is 0.282 e. The Hall–Kier alpha value is -1.10. The Bertz CT molecular complexity index is 544. The van der Waals surface area contributed by atoms with Gasteiger partial charge in [-0.2, -0.15) is 0 Å². The van der Waals surface area contributed by atoms with Crippen molar-refractivity contribution in [3.05, 3.63) is 71.8 Å². The van der Waals surface area contributed by atoms with Gasteiger partial charge in [0.1, 0.15) is 5.94 Å². The summed E-state index contributed by atoms with van der Waals surface area (Å²) in [6.07, 6.45) is 1.86. The molecule has 2 rings (SSSR count). The van der Waals surface area contributed by atoms with E-state index in [0.29, 0.717) is 0 Å². The van der Waals surface area contributed by atoms with E-state index in [9.17, 15) is 4.57 Å². The Morgan fingerprint density at radius 2 is 1.27 bits per heavy atom. The number of phosphoric acid groups is 1. The number of hydrogen-bond acceptors (Lipinski definition) is 5. The fourth-order valence-corrected chi connectivity index (χ4v) is 3.46. The van der Waals surface area contributed by atoms with Gasteiger partial charge in [0.15, 0.2) is 0 Å². The number of benzene rings is 2. The first-order valence-electron chi connectivity index (χ1n) is 6.82. The molecule has 0 aliphatic rings. The topological polar surface area (TPSA) is 44.8 Å². The van der Waals surface area contributed by atoms with Crippen LogP contribution in [0.2, 0.25) is 0 Å². The van der Waals surface area contributed by atoms with E-state index in [4.69, 9.17) is 13.6 Å². The van der Waals surface area contributed by atoms with E-state index < -0.39 is 7.82 Å². The van der Waals surface area contributed by atoms with E-state index >= 15 is 0 Å². The molecule has 118 valence electrons. The second kappa shape index (κ2) is 9.13. The van der Waals surface area contributed by atoms with Crippen molar-refractivity contribution in [3.8, 4) is 0 Å². The van der Waals surface area contributed by atoms with Crippen LogP contribution in [-0.4, -0.2) is 12.2 Å². The molecular weight excluding hydrogens is 319 g/mol. The molecule has 0 heterocycles. The van der Waals surface area contributed by atoms with Crippen LogP contribution in [0.3, 0.4) is 0 Å². The van der Waals surface area contributed by atoms with Crippen LogP contribution in [0.1, 0.15) is 11.1 Å². The van der Waals surface area contributed by atoms with Crippen molar-refractivity contribution in [1.29, 1.82) is 0 Å². The molecule has 0 saturated heterocycles. The molecule has 6 heteroatoms. The molecule has 0 bridgehead atoms. The van der Waals surface area contributed by atoms with Gasteiger partial charge in [-0.25, -0.2) is 4.57 Å². The molecule has 0 atom stereocenters. The number of phosphoric ester groups is 1. The van der Waals surface area contributed by atoms with E-state index in [0.717, 1.165) is 11.1 Å². The lowest BCUT2D eigenvalue weighted by Crippen LogP contribution is -2.01. The summed E-state index contributed by atoms with van der Waals surface area (Å²) in [6, 6.07) is 19.0. The third-order valence-corrected chi connectivity index (χ3v) is 4.66. The number of hydrogen-bond donors (Lipinski definition) is 0. The summed E-state index contributed by atoms with van der Waals surface area (Å²) in [5.74, 6) is 0.251. The summed E-state index contributed by atoms with van der Waals surface area (Å²) < 4.78 is 28.8. The zero-order valence-corrected chi connectivity index (χ0v) is 14.1. The van der Waals surface area contributed by atoms with Crippen LogP contribution in [0.4, 0.5) is 0 Å². The van der Waals surface area contributed by atoms with Crippen LogP contribution < -0.4 is 0 Å². The summed E-state index contributed by atoms with van der Waals surface area (Å²) in [7, 11) is -3.59. The third-order valence-electron chi connectivity index (χ3n) is 2.79. The third kappa shape index (κ3) is 5.95. The molecule has 0 radical (unpaired) electrons. The Morgan fingerprint density at radius 3 is 1.68 bits per heavy atom. The van der Waals surface area contributed by atoms with Gasteiger partial charge in [-0.3, -0.25) is 13.6 Å². The number of rotatable bonds is 9. The molecule has 0 fully saturated rings. The van der Waals surface area contributed by atoms with Crippen molar-refractivity contribution in [2.24, 2.45) is 0 Å². The van der Waals surface area contributed by atoms with Gasteiger partial charge in [-0.15, -0.1) is 11.8 Å². The molecule has 2 aromatic carbocycles. The van der Waals surface area contributed by atoms with Gasteiger partial charge in [0.05, 0.1) is 13.2 Å². The average molecular weight is 338 g/mol. The Labute approximate surface area is 135 Å². The average Bonchev–Trinajstić information content (AvgIpc) is 2.59. The minimum Gasteiger partial charge on any atom is -0.282 e. The van der Waals surface area contributed by atoms with Crippen LogP contribution in [0.25, 0.3) is 0 Å². The lowest BCUT2D eigenvalue weighted by atomic mass is 10.2. The van der Waals surface area contributed by atoms with Crippen molar-refractivity contribution in [1.82, 2.24) is 0 Å². The highest BCUT2D eigenvalue weighted by molar-refractivity contribution is 7.98. The van der Waals surface area contributed by atoms with E-state index in [1.165, 1.54) is 11.8 Å². The molecular formula is C16H19O4PS. The summed E-state index contributed by atoms with van der Waals surface area (Å²) in [4.78, 5) is 0. The zero-order valence-electron chi connectivity index (χ0n) is 12.4. The fourth-order valence-electron chi connectivity index (χ4n) is 1.68. The molecule has 0 aromatic heterocycles. The van der Waals surface area contributed by atoms with Gasteiger partial charge < -0.3 is 0 Å². The molecule has 0 unspecified atom stereocenters. The summed E-state index contributed by atoms with van der Waals surface area (Å²) in [6.45, 7) is 0.364. The normalized spacial score (nSPS) is 11.5. The number of thioether (sulfide) groups is 1. The zero-order chi connectivity index (χ0) is 15.7. The first-order chi connectivity index (χ1) is 10.7. The summed E-state index contributed by atoms with van der Waals surface area (Å²) in [5, 5.41) is 0. The first-order valence-corrected chi connectivity index (χ1v) is 9.68. The maximum Gasteiger partial charge on any atom is 0.476 e. The van der Waals surface area contributed by atoms with Gasteiger partial charge in [-0.1, -0.05) is 60.7 Å². The lowest BCUT2D eigenvalue weighted by molar-refractivity contribution is 0.116. The quantitative estimate of drug-likeness (QED) is 0.482. The van der Waals surface area contributed by atoms with Crippen LogP contribution >= 0.6 is 19.6 Å². The van der Waals surface area contributed by atoms with E-state index in [1.54, 1.807) is 0 Å². The highest BCUT2D eigenvalue weighted by Gasteiger charge is 2.26. The highest BCUT2D eigenvalue weighted by Crippen LogP contribution is 2.51. The second-order valence-corrected chi connectivity index (χ2v) is 6.98. The van der Waals surface area contributed by atoms with Crippen LogP contribution in [-0.2, 0) is 31.4 Å². The molecule has 4 nitrogen and oxygen atoms in total. The molecule has 22 heavy (non-hydrogen) atoms. The largest absolute Gasteiger partial charge is 0.476 e. The van der Waals surface area contributed by atoms with Crippen LogP contribution in [0.5, 0.6) is 0 Å². The first kappa shape index (κ1) is 17.3. The minimum absolute atomic E-state index is 0.182. The van der Waals surface area contributed by atoms with Crippen molar-refractivity contribution in [2.45, 2.75) is 13.2 Å². The molecule has 0 amide bonds. The van der Waals surface area contributed by atoms with Crippen LogP contribution in [0.15, 0.2) is 60.7 Å². The second-order valence-electron chi connectivity index (χ2n) is 4.50. The standard InChI is InChI=1S/C16H19O4PS/c1-22-14-20-21(17,18-12-15-8-4-2-5-9-15)19-13-16-10-6-3-7-11-16/h2-11H,12-14H2,1H3. The van der Waals surface area contributed by atoms with Gasteiger partial charge in [-0.05, 0) is 17.4 Å². The molecule has 0 aliphatic heterocycles. The maximum absolute atomic E-state index is 12.6. The van der Waals surface area contributed by atoms with Crippen molar-refractivity contribution < 1.29 is 18.1 Å². The SMILES string of the molecule is CSCOP(=O)(OCc1ccccc1)OCc1ccccc1. The summed E-state index contributed by atoms with van der Waals surface area (Å²) >= 11 is 1.42. The van der Waals surface area contributed by atoms with E-state index in [1.807, 2.05) is 66.9 Å². The molecule has 2 aromatic rings. The van der Waals surface area contributed by atoms with Crippen LogP contribution in [0, 0.1) is 0 Å². The Morgan fingerprint density at radius 1 is 0.818 bits per heavy atom. The predicted octanol–water partition coefficient (Wildman–Crippen LogP) is 4.87. The molecule has 0 N–H and O–H groups in total. The minimum atomic E-state index is -3.59. The van der Waals surface area contributed by atoms with Crippen molar-refractivity contribution in [3.63, 3.8) is 0 Å². The molecule has 0 saturated carbocycles. The van der Waals surface area contributed by atoms with Gasteiger partial charge in [0, 0.05) is 0 Å². The monoisotopic (exact) mass is 338 g/mol. The van der Waals surface area contributed by atoms with Gasteiger partial charge in [0.25, 0.3) is 0 Å². The van der Waals surface area contributed by atoms with E-state index in [2.05, 4.69) is 0 Å². The Balaban J connectivity index is 1.95. The fraction of sp³-hybridized carbons (Fsp3) is 0.250. The maximum atomic E-state index is 12.6. The highest BCUT2D eigenvalue weighted by atomic mass is 32.2. The van der Waals surface area contributed by atoms with Crippen molar-refractivity contribution in [2.75, 3.05) is 12.2 Å².